The molecule has 1 rings (SSSR count). The van der Waals surface area contributed by atoms with Gasteiger partial charge in [-0.3, -0.25) is 0 Å². The van der Waals surface area contributed by atoms with Gasteiger partial charge in [0.15, 0.2) is 10.5 Å². The number of ether oxygens (including phenoxy) is 1. The van der Waals surface area contributed by atoms with Crippen molar-refractivity contribution in [1.29, 1.82) is 5.39 Å². The number of hydrogen-bond acceptors (Lipinski definition) is 3. The third-order valence-electron chi connectivity index (χ3n) is 1.56. The van der Waals surface area contributed by atoms with Gasteiger partial charge in [-0.15, -0.1) is 0 Å². The van der Waals surface area contributed by atoms with E-state index in [1.54, 1.807) is 19.1 Å². The van der Waals surface area contributed by atoms with E-state index in [-0.39, 0.29) is 17.9 Å². The van der Waals surface area contributed by atoms with Crippen LogP contribution in [0.25, 0.3) is 4.98 Å². The number of diazo groups is 1. The summed E-state index contributed by atoms with van der Waals surface area (Å²) in [4.78, 5) is 14.4. The summed E-state index contributed by atoms with van der Waals surface area (Å²) in [5, 5.41) is 8.63. The van der Waals surface area contributed by atoms with Crippen LogP contribution in [0.2, 0.25) is 0 Å². The Hall–Kier alpha value is -1.41. The third kappa shape index (κ3) is 2.30. The third-order valence-corrected chi connectivity index (χ3v) is 2.05. The van der Waals surface area contributed by atoms with Gasteiger partial charge in [-0.25, -0.2) is 4.79 Å². The zero-order chi connectivity index (χ0) is 10.6. The van der Waals surface area contributed by atoms with Gasteiger partial charge < -0.3 is 4.74 Å². The summed E-state index contributed by atoms with van der Waals surface area (Å²) in [6.45, 7) is 2.00. The largest absolute Gasteiger partial charge is 0.462 e. The molecule has 0 spiro atoms. The second kappa shape index (κ2) is 4.72. The second-order valence-electron chi connectivity index (χ2n) is 2.48. The molecule has 14 heavy (non-hydrogen) atoms. The molecule has 0 fully saturated rings. The fraction of sp³-hybridized carbons (Fsp3) is 0.222. The van der Waals surface area contributed by atoms with Gasteiger partial charge in [0, 0.05) is 10.5 Å². The first-order chi connectivity index (χ1) is 6.69. The minimum Gasteiger partial charge on any atom is -0.462 e. The Morgan fingerprint density at radius 1 is 1.64 bits per heavy atom. The van der Waals surface area contributed by atoms with E-state index in [0.29, 0.717) is 0 Å². The lowest BCUT2D eigenvalue weighted by Gasteiger charge is -1.98. The minimum absolute atomic E-state index is 0.201. The van der Waals surface area contributed by atoms with E-state index in [2.05, 4.69) is 20.9 Å². The van der Waals surface area contributed by atoms with Crippen molar-refractivity contribution in [3.05, 3.63) is 33.2 Å². The van der Waals surface area contributed by atoms with Crippen molar-refractivity contribution in [2.75, 3.05) is 6.61 Å². The summed E-state index contributed by atoms with van der Waals surface area (Å²) in [5.41, 5.74) is 0.440. The lowest BCUT2D eigenvalue weighted by molar-refractivity contribution is 0.0527. The van der Waals surface area contributed by atoms with Crippen LogP contribution in [0.5, 0.6) is 0 Å². The molecule has 0 heterocycles. The molecular formula is C9H8BrN2O2+. The van der Waals surface area contributed by atoms with Gasteiger partial charge in [-0.05, 0) is 19.1 Å². The van der Waals surface area contributed by atoms with Crippen molar-refractivity contribution in [2.45, 2.75) is 6.92 Å². The highest BCUT2D eigenvalue weighted by Gasteiger charge is 2.21. The van der Waals surface area contributed by atoms with E-state index in [1.165, 1.54) is 6.07 Å². The monoisotopic (exact) mass is 255 g/mol. The highest BCUT2D eigenvalue weighted by Crippen LogP contribution is 2.24. The SMILES string of the molecule is CCOC(=O)c1cc(Br)ccc1[N+]#N. The number of nitrogens with zero attached hydrogens (tertiary/aromatic N) is 2. The van der Waals surface area contributed by atoms with E-state index in [9.17, 15) is 4.79 Å². The van der Waals surface area contributed by atoms with Gasteiger partial charge in [0.05, 0.1) is 6.61 Å². The van der Waals surface area contributed by atoms with Gasteiger partial charge >= 0.3 is 11.7 Å². The van der Waals surface area contributed by atoms with Gasteiger partial charge in [0.2, 0.25) is 5.39 Å². The number of carbonyl (C=O) groups excluding carboxylic acids is 1. The highest BCUT2D eigenvalue weighted by molar-refractivity contribution is 9.10. The first-order valence-electron chi connectivity index (χ1n) is 4.00. The molecule has 0 saturated carbocycles. The Balaban J connectivity index is 3.12. The Kier molecular flexibility index (Phi) is 3.60. The van der Waals surface area contributed by atoms with Crippen LogP contribution in [0.1, 0.15) is 17.3 Å². The zero-order valence-corrected chi connectivity index (χ0v) is 9.11. The molecule has 0 saturated heterocycles. The Morgan fingerprint density at radius 2 is 2.36 bits per heavy atom. The number of benzene rings is 1. The number of rotatable bonds is 2. The summed E-state index contributed by atoms with van der Waals surface area (Å²) < 4.78 is 5.52. The molecule has 0 bridgehead atoms. The lowest BCUT2D eigenvalue weighted by Crippen LogP contribution is -2.04. The number of hydrogen-bond donors (Lipinski definition) is 0. The minimum atomic E-state index is -0.499. The van der Waals surface area contributed by atoms with Crippen molar-refractivity contribution in [1.82, 2.24) is 0 Å². The predicted octanol–water partition coefficient (Wildman–Crippen LogP) is 3.11. The van der Waals surface area contributed by atoms with Crippen LogP contribution in [0.15, 0.2) is 22.7 Å². The standard InChI is InChI=1S/C9H8BrN2O2/c1-2-14-9(13)7-5-6(10)3-4-8(7)12-11/h3-5H,2H2,1H3/q+1. The van der Waals surface area contributed by atoms with E-state index < -0.39 is 5.97 Å². The zero-order valence-electron chi connectivity index (χ0n) is 7.53. The molecule has 0 aliphatic rings. The molecule has 0 N–H and O–H groups in total. The fourth-order valence-corrected chi connectivity index (χ4v) is 1.33. The smallest absolute Gasteiger partial charge is 0.399 e. The fourth-order valence-electron chi connectivity index (χ4n) is 0.968. The average Bonchev–Trinajstić information content (AvgIpc) is 2.18. The molecule has 0 atom stereocenters. The summed E-state index contributed by atoms with van der Waals surface area (Å²) in [7, 11) is 0. The van der Waals surface area contributed by atoms with E-state index in [0.717, 1.165) is 4.47 Å². The van der Waals surface area contributed by atoms with Crippen molar-refractivity contribution >= 4 is 27.6 Å². The summed E-state index contributed by atoms with van der Waals surface area (Å²) in [5.74, 6) is -0.499. The van der Waals surface area contributed by atoms with Gasteiger partial charge in [-0.2, -0.15) is 0 Å². The molecule has 1 aromatic rings. The van der Waals surface area contributed by atoms with Crippen LogP contribution >= 0.6 is 15.9 Å². The van der Waals surface area contributed by atoms with Gasteiger partial charge in [0.25, 0.3) is 0 Å². The van der Waals surface area contributed by atoms with Crippen LogP contribution in [0.4, 0.5) is 5.69 Å². The Morgan fingerprint density at radius 3 is 2.93 bits per heavy atom. The van der Waals surface area contributed by atoms with Crippen molar-refractivity contribution in [2.24, 2.45) is 0 Å². The van der Waals surface area contributed by atoms with Crippen LogP contribution in [-0.2, 0) is 4.74 Å². The van der Waals surface area contributed by atoms with Crippen molar-refractivity contribution in [3.8, 4) is 0 Å². The maximum Gasteiger partial charge on any atom is 0.399 e. The maximum atomic E-state index is 11.4. The van der Waals surface area contributed by atoms with Gasteiger partial charge in [-0.1, -0.05) is 15.9 Å². The molecule has 5 heteroatoms. The van der Waals surface area contributed by atoms with Crippen LogP contribution in [0, 0.1) is 5.39 Å². The summed E-state index contributed by atoms with van der Waals surface area (Å²) >= 11 is 3.21. The molecule has 1 aromatic carbocycles. The lowest BCUT2D eigenvalue weighted by atomic mass is 10.2. The number of esters is 1. The van der Waals surface area contributed by atoms with E-state index >= 15 is 0 Å². The van der Waals surface area contributed by atoms with Crippen LogP contribution < -0.4 is 0 Å². The Labute approximate surface area is 89.6 Å². The van der Waals surface area contributed by atoms with E-state index in [1.807, 2.05) is 0 Å². The van der Waals surface area contributed by atoms with Crippen LogP contribution in [-0.4, -0.2) is 12.6 Å². The molecular weight excluding hydrogens is 248 g/mol. The summed E-state index contributed by atoms with van der Waals surface area (Å²) in [6, 6.07) is 4.75. The van der Waals surface area contributed by atoms with Crippen molar-refractivity contribution in [3.63, 3.8) is 0 Å². The predicted molar refractivity (Wildman–Crippen MR) is 54.8 cm³/mol. The van der Waals surface area contributed by atoms with Gasteiger partial charge in [0.1, 0.15) is 0 Å². The molecule has 0 aliphatic heterocycles. The first-order valence-corrected chi connectivity index (χ1v) is 4.80. The summed E-state index contributed by atoms with van der Waals surface area (Å²) in [6.07, 6.45) is 0. The highest BCUT2D eigenvalue weighted by atomic mass is 79.9. The first kappa shape index (κ1) is 10.7. The molecule has 0 aromatic heterocycles. The molecule has 0 radical (unpaired) electrons. The molecule has 4 nitrogen and oxygen atoms in total. The number of halogens is 1. The normalized spacial score (nSPS) is 9.21. The molecule has 0 amide bonds. The molecule has 0 unspecified atom stereocenters. The second-order valence-corrected chi connectivity index (χ2v) is 3.40. The quantitative estimate of drug-likeness (QED) is 0.603. The number of carbonyl (C=O) groups is 1. The Bertz CT molecular complexity index is 398. The molecule has 72 valence electrons. The average molecular weight is 256 g/mol. The van der Waals surface area contributed by atoms with E-state index in [4.69, 9.17) is 10.1 Å². The molecule has 0 aliphatic carbocycles. The van der Waals surface area contributed by atoms with Crippen LogP contribution in [0.3, 0.4) is 0 Å². The topological polar surface area (TPSA) is 54.5 Å². The van der Waals surface area contributed by atoms with Crippen molar-refractivity contribution < 1.29 is 9.53 Å². The maximum absolute atomic E-state index is 11.4.